The lowest BCUT2D eigenvalue weighted by atomic mass is 9.99. The summed E-state index contributed by atoms with van der Waals surface area (Å²) < 4.78 is 6.74. The third kappa shape index (κ3) is 1.32. The maximum Gasteiger partial charge on any atom is 0.316 e. The number of aryl methyl sites for hydroxylation is 1. The largest absolute Gasteiger partial charge is 0.468 e. The van der Waals surface area contributed by atoms with E-state index < -0.39 is 0 Å². The van der Waals surface area contributed by atoms with Gasteiger partial charge in [-0.25, -0.2) is 4.98 Å². The average Bonchev–Trinajstić information content (AvgIpc) is 2.63. The first-order valence-electron chi connectivity index (χ1n) is 4.42. The highest BCUT2D eigenvalue weighted by molar-refractivity contribution is 5.77. The van der Waals surface area contributed by atoms with Crippen molar-refractivity contribution in [2.24, 2.45) is 0 Å². The van der Waals surface area contributed by atoms with E-state index in [1.807, 2.05) is 10.8 Å². The Morgan fingerprint density at radius 1 is 1.77 bits per heavy atom. The Hall–Kier alpha value is -1.32. The second-order valence-corrected chi connectivity index (χ2v) is 3.20. The van der Waals surface area contributed by atoms with Gasteiger partial charge >= 0.3 is 5.97 Å². The normalized spacial score (nSPS) is 20.8. The van der Waals surface area contributed by atoms with Crippen LogP contribution in [0.5, 0.6) is 0 Å². The van der Waals surface area contributed by atoms with Crippen LogP contribution >= 0.6 is 0 Å². The Balaban J connectivity index is 2.30. The van der Waals surface area contributed by atoms with E-state index in [0.717, 1.165) is 25.2 Å². The topological polar surface area (TPSA) is 44.1 Å². The van der Waals surface area contributed by atoms with Gasteiger partial charge in [0, 0.05) is 18.9 Å². The van der Waals surface area contributed by atoms with Gasteiger partial charge in [0.05, 0.1) is 7.11 Å². The molecule has 13 heavy (non-hydrogen) atoms. The fraction of sp³-hybridized carbons (Fsp3) is 0.556. The van der Waals surface area contributed by atoms with Crippen LogP contribution in [0.3, 0.4) is 0 Å². The molecule has 4 nitrogen and oxygen atoms in total. The Morgan fingerprint density at radius 2 is 2.62 bits per heavy atom. The second-order valence-electron chi connectivity index (χ2n) is 3.20. The summed E-state index contributed by atoms with van der Waals surface area (Å²) in [4.78, 5) is 15.5. The Labute approximate surface area is 76.5 Å². The van der Waals surface area contributed by atoms with Crippen LogP contribution in [-0.4, -0.2) is 22.6 Å². The number of methoxy groups -OCH3 is 1. The van der Waals surface area contributed by atoms with Crippen LogP contribution in [0.1, 0.15) is 24.6 Å². The number of fused-ring (bicyclic) bond motifs is 1. The molecule has 1 aromatic rings. The molecule has 1 unspecified atom stereocenters. The van der Waals surface area contributed by atoms with Crippen molar-refractivity contribution in [3.8, 4) is 0 Å². The molecule has 0 bridgehead atoms. The zero-order valence-electron chi connectivity index (χ0n) is 7.56. The van der Waals surface area contributed by atoms with Crippen molar-refractivity contribution in [2.45, 2.75) is 25.3 Å². The van der Waals surface area contributed by atoms with Crippen molar-refractivity contribution in [3.63, 3.8) is 0 Å². The van der Waals surface area contributed by atoms with E-state index in [0.29, 0.717) is 0 Å². The van der Waals surface area contributed by atoms with E-state index in [1.54, 1.807) is 6.20 Å². The average molecular weight is 180 g/mol. The summed E-state index contributed by atoms with van der Waals surface area (Å²) in [7, 11) is 1.42. The van der Waals surface area contributed by atoms with Crippen LogP contribution in [0.25, 0.3) is 0 Å². The van der Waals surface area contributed by atoms with Crippen molar-refractivity contribution >= 4 is 5.97 Å². The highest BCUT2D eigenvalue weighted by atomic mass is 16.5. The first-order chi connectivity index (χ1) is 6.33. The predicted molar refractivity (Wildman–Crippen MR) is 46.2 cm³/mol. The number of aromatic nitrogens is 2. The predicted octanol–water partition coefficient (Wildman–Crippen LogP) is 0.933. The molecular weight excluding hydrogens is 168 g/mol. The Kier molecular flexibility index (Phi) is 2.04. The molecule has 0 spiro atoms. The van der Waals surface area contributed by atoms with Crippen LogP contribution in [-0.2, 0) is 16.1 Å². The summed E-state index contributed by atoms with van der Waals surface area (Å²) in [5.74, 6) is 0.513. The third-order valence-corrected chi connectivity index (χ3v) is 2.44. The lowest BCUT2D eigenvalue weighted by molar-refractivity contribution is -0.143. The lowest BCUT2D eigenvalue weighted by Crippen LogP contribution is -2.23. The van der Waals surface area contributed by atoms with Gasteiger partial charge < -0.3 is 9.30 Å². The van der Waals surface area contributed by atoms with E-state index in [1.165, 1.54) is 7.11 Å². The summed E-state index contributed by atoms with van der Waals surface area (Å²) in [5.41, 5.74) is 0. The molecule has 0 fully saturated rings. The van der Waals surface area contributed by atoms with Gasteiger partial charge in [0.15, 0.2) is 0 Å². The van der Waals surface area contributed by atoms with Gasteiger partial charge in [-0.15, -0.1) is 0 Å². The Bertz CT molecular complexity index is 319. The minimum Gasteiger partial charge on any atom is -0.468 e. The smallest absolute Gasteiger partial charge is 0.316 e. The van der Waals surface area contributed by atoms with Crippen LogP contribution in [0.4, 0.5) is 0 Å². The van der Waals surface area contributed by atoms with Gasteiger partial charge in [0.2, 0.25) is 0 Å². The van der Waals surface area contributed by atoms with Crippen molar-refractivity contribution < 1.29 is 9.53 Å². The molecule has 0 saturated heterocycles. The monoisotopic (exact) mass is 180 g/mol. The first kappa shape index (κ1) is 8.29. The molecule has 1 atom stereocenters. The molecule has 1 aromatic heterocycles. The summed E-state index contributed by atoms with van der Waals surface area (Å²) in [6.45, 7) is 0.961. The molecule has 0 amide bonds. The quantitative estimate of drug-likeness (QED) is 0.604. The van der Waals surface area contributed by atoms with Crippen LogP contribution in [0.2, 0.25) is 0 Å². The van der Waals surface area contributed by atoms with Gasteiger partial charge in [-0.2, -0.15) is 0 Å². The van der Waals surface area contributed by atoms with Gasteiger partial charge in [0.25, 0.3) is 0 Å². The maximum atomic E-state index is 11.4. The summed E-state index contributed by atoms with van der Waals surface area (Å²) >= 11 is 0. The number of ether oxygens (including phenoxy) is 1. The van der Waals surface area contributed by atoms with Gasteiger partial charge in [0.1, 0.15) is 11.7 Å². The maximum absolute atomic E-state index is 11.4. The molecule has 1 aliphatic rings. The van der Waals surface area contributed by atoms with E-state index in [4.69, 9.17) is 4.74 Å². The first-order valence-corrected chi connectivity index (χ1v) is 4.42. The third-order valence-electron chi connectivity index (χ3n) is 2.44. The number of esters is 1. The summed E-state index contributed by atoms with van der Waals surface area (Å²) in [5, 5.41) is 0. The van der Waals surface area contributed by atoms with Gasteiger partial charge in [-0.05, 0) is 12.8 Å². The molecule has 2 rings (SSSR count). The number of hydrogen-bond acceptors (Lipinski definition) is 3. The number of carbonyl (C=O) groups is 1. The number of rotatable bonds is 1. The van der Waals surface area contributed by atoms with Crippen molar-refractivity contribution in [3.05, 3.63) is 18.2 Å². The fourth-order valence-electron chi connectivity index (χ4n) is 1.78. The minimum atomic E-state index is -0.174. The van der Waals surface area contributed by atoms with E-state index >= 15 is 0 Å². The molecule has 70 valence electrons. The number of imidazole rings is 1. The molecule has 0 aliphatic carbocycles. The number of carbonyl (C=O) groups excluding carboxylic acids is 1. The minimum absolute atomic E-state index is 0.159. The van der Waals surface area contributed by atoms with Gasteiger partial charge in [-0.1, -0.05) is 0 Å². The molecular formula is C9H12N2O2. The van der Waals surface area contributed by atoms with E-state index in [2.05, 4.69) is 4.98 Å². The fourth-order valence-corrected chi connectivity index (χ4v) is 1.78. The van der Waals surface area contributed by atoms with Crippen LogP contribution < -0.4 is 0 Å². The zero-order chi connectivity index (χ0) is 9.26. The van der Waals surface area contributed by atoms with Crippen molar-refractivity contribution in [1.82, 2.24) is 9.55 Å². The SMILES string of the molecule is COC(=O)C1CCCn2ccnc21. The van der Waals surface area contributed by atoms with E-state index in [-0.39, 0.29) is 11.9 Å². The second kappa shape index (κ2) is 3.20. The molecule has 4 heteroatoms. The summed E-state index contributed by atoms with van der Waals surface area (Å²) in [6.07, 6.45) is 5.51. The highest BCUT2D eigenvalue weighted by Crippen LogP contribution is 2.26. The summed E-state index contributed by atoms with van der Waals surface area (Å²) in [6, 6.07) is 0. The van der Waals surface area contributed by atoms with Gasteiger partial charge in [-0.3, -0.25) is 4.79 Å². The molecule has 0 radical (unpaired) electrons. The Morgan fingerprint density at radius 3 is 3.38 bits per heavy atom. The molecule has 1 aliphatic heterocycles. The van der Waals surface area contributed by atoms with Crippen LogP contribution in [0.15, 0.2) is 12.4 Å². The number of hydrogen-bond donors (Lipinski definition) is 0. The van der Waals surface area contributed by atoms with Crippen molar-refractivity contribution in [1.29, 1.82) is 0 Å². The van der Waals surface area contributed by atoms with Crippen molar-refractivity contribution in [2.75, 3.05) is 7.11 Å². The molecule has 0 aromatic carbocycles. The lowest BCUT2D eigenvalue weighted by Gasteiger charge is -2.20. The molecule has 0 saturated carbocycles. The molecule has 2 heterocycles. The number of nitrogens with zero attached hydrogens (tertiary/aromatic N) is 2. The van der Waals surface area contributed by atoms with E-state index in [9.17, 15) is 4.79 Å². The van der Waals surface area contributed by atoms with Crippen LogP contribution in [0, 0.1) is 0 Å². The highest BCUT2D eigenvalue weighted by Gasteiger charge is 2.28. The zero-order valence-corrected chi connectivity index (χ0v) is 7.56. The standard InChI is InChI=1S/C9H12N2O2/c1-13-9(12)7-3-2-5-11-6-4-10-8(7)11/h4,6-7H,2-3,5H2,1H3. The molecule has 0 N–H and O–H groups in total.